The van der Waals surface area contributed by atoms with Crippen LogP contribution in [0.15, 0.2) is 6.07 Å². The van der Waals surface area contributed by atoms with Crippen molar-refractivity contribution in [3.8, 4) is 0 Å². The summed E-state index contributed by atoms with van der Waals surface area (Å²) >= 11 is 0. The van der Waals surface area contributed by atoms with Gasteiger partial charge in [-0.3, -0.25) is 4.79 Å². The molecule has 1 heterocycles. The first-order valence-electron chi connectivity index (χ1n) is 6.70. The number of nitrogens with two attached hydrogens (primary N) is 1. The van der Waals surface area contributed by atoms with Crippen molar-refractivity contribution in [3.05, 3.63) is 28.3 Å². The number of rotatable bonds is 4. The monoisotopic (exact) mass is 262 g/mol. The molecule has 0 fully saturated rings. The number of methoxy groups -OCH3 is 1. The Morgan fingerprint density at radius 2 is 2.11 bits per heavy atom. The number of nitrogens with one attached hydrogen (secondary N) is 1. The number of ether oxygens (including phenoxy) is 1. The van der Waals surface area contributed by atoms with Crippen molar-refractivity contribution in [1.29, 1.82) is 0 Å². The van der Waals surface area contributed by atoms with Crippen LogP contribution in [0.4, 0.5) is 5.69 Å². The second kappa shape index (κ2) is 5.31. The molecule has 1 aromatic carbocycles. The van der Waals surface area contributed by atoms with Crippen molar-refractivity contribution >= 4 is 11.6 Å². The zero-order valence-corrected chi connectivity index (χ0v) is 12.0. The normalized spacial score (nSPS) is 19.2. The molecule has 2 atom stereocenters. The van der Waals surface area contributed by atoms with Gasteiger partial charge in [-0.15, -0.1) is 0 Å². The third kappa shape index (κ3) is 2.26. The van der Waals surface area contributed by atoms with Crippen molar-refractivity contribution in [2.24, 2.45) is 5.73 Å². The molecule has 0 saturated heterocycles. The summed E-state index contributed by atoms with van der Waals surface area (Å²) in [5, 5.41) is 2.99. The van der Waals surface area contributed by atoms with Gasteiger partial charge >= 0.3 is 0 Å². The van der Waals surface area contributed by atoms with Crippen molar-refractivity contribution in [2.45, 2.75) is 39.2 Å². The summed E-state index contributed by atoms with van der Waals surface area (Å²) in [6.07, 6.45) is 0.806. The van der Waals surface area contributed by atoms with Gasteiger partial charge in [-0.2, -0.15) is 0 Å². The number of benzene rings is 1. The van der Waals surface area contributed by atoms with Crippen LogP contribution in [0.2, 0.25) is 0 Å². The van der Waals surface area contributed by atoms with Gasteiger partial charge in [0.25, 0.3) is 0 Å². The predicted molar refractivity (Wildman–Crippen MR) is 76.4 cm³/mol. The van der Waals surface area contributed by atoms with E-state index in [2.05, 4.69) is 11.4 Å². The molecule has 3 N–H and O–H groups in total. The molecule has 0 radical (unpaired) electrons. The van der Waals surface area contributed by atoms with E-state index in [-0.39, 0.29) is 17.9 Å². The fourth-order valence-corrected chi connectivity index (χ4v) is 2.82. The third-order valence-corrected chi connectivity index (χ3v) is 4.06. The second-order valence-electron chi connectivity index (χ2n) is 5.19. The first-order chi connectivity index (χ1) is 9.01. The number of amides is 1. The van der Waals surface area contributed by atoms with Crippen molar-refractivity contribution in [1.82, 2.24) is 0 Å². The Balaban J connectivity index is 2.53. The molecule has 4 nitrogen and oxygen atoms in total. The summed E-state index contributed by atoms with van der Waals surface area (Å²) in [4.78, 5) is 12.0. The van der Waals surface area contributed by atoms with Gasteiger partial charge in [0.2, 0.25) is 5.91 Å². The Morgan fingerprint density at radius 3 is 2.68 bits per heavy atom. The maximum absolute atomic E-state index is 12.0. The molecule has 1 aromatic rings. The minimum Gasteiger partial charge on any atom is -0.383 e. The maximum atomic E-state index is 12.0. The van der Waals surface area contributed by atoms with Crippen molar-refractivity contribution in [2.75, 3.05) is 19.0 Å². The molecule has 1 amide bonds. The minimum atomic E-state index is -0.151. The van der Waals surface area contributed by atoms with Crippen LogP contribution < -0.4 is 11.1 Å². The van der Waals surface area contributed by atoms with Crippen molar-refractivity contribution in [3.63, 3.8) is 0 Å². The zero-order valence-electron chi connectivity index (χ0n) is 12.0. The summed E-state index contributed by atoms with van der Waals surface area (Å²) in [6, 6.07) is 1.93. The minimum absolute atomic E-state index is 0.0530. The van der Waals surface area contributed by atoms with Crippen LogP contribution in [0.5, 0.6) is 0 Å². The highest BCUT2D eigenvalue weighted by molar-refractivity contribution is 6.04. The van der Waals surface area contributed by atoms with Gasteiger partial charge in [0.15, 0.2) is 0 Å². The molecule has 2 unspecified atom stereocenters. The Bertz CT molecular complexity index is 511. The molecular weight excluding hydrogens is 240 g/mol. The molecule has 0 saturated carbocycles. The van der Waals surface area contributed by atoms with Gasteiger partial charge < -0.3 is 15.8 Å². The topological polar surface area (TPSA) is 64.4 Å². The smallest absolute Gasteiger partial charge is 0.232 e. The van der Waals surface area contributed by atoms with E-state index in [0.717, 1.165) is 34.4 Å². The SMILES string of the molecule is CCC1C(=O)Nc2c1cc(C(N)COC)c(C)c2C. The molecule has 104 valence electrons. The number of anilines is 1. The predicted octanol–water partition coefficient (Wildman–Crippen LogP) is 2.40. The number of carbonyl (C=O) groups is 1. The summed E-state index contributed by atoms with van der Waals surface area (Å²) in [5.74, 6) is 0.0419. The highest BCUT2D eigenvalue weighted by Gasteiger charge is 2.32. The standard InChI is InChI=1S/C15H22N2O2/c1-5-10-12-6-11(13(16)7-19-4)8(2)9(3)14(12)17-15(10)18/h6,10,13H,5,7,16H2,1-4H3,(H,17,18). The van der Waals surface area contributed by atoms with E-state index in [0.29, 0.717) is 6.61 Å². The molecule has 0 aliphatic carbocycles. The fraction of sp³-hybridized carbons (Fsp3) is 0.533. The molecule has 19 heavy (non-hydrogen) atoms. The molecule has 0 spiro atoms. The Hall–Kier alpha value is -1.39. The van der Waals surface area contributed by atoms with E-state index in [4.69, 9.17) is 10.5 Å². The largest absolute Gasteiger partial charge is 0.383 e. The van der Waals surface area contributed by atoms with E-state index < -0.39 is 0 Å². The van der Waals surface area contributed by atoms with Crippen LogP contribution >= 0.6 is 0 Å². The zero-order chi connectivity index (χ0) is 14.2. The lowest BCUT2D eigenvalue weighted by atomic mass is 9.89. The van der Waals surface area contributed by atoms with Gasteiger partial charge in [-0.05, 0) is 42.5 Å². The van der Waals surface area contributed by atoms with Gasteiger partial charge in [0.05, 0.1) is 18.6 Å². The molecular formula is C15H22N2O2. The lowest BCUT2D eigenvalue weighted by Gasteiger charge is -2.19. The van der Waals surface area contributed by atoms with Gasteiger partial charge in [-0.1, -0.05) is 13.0 Å². The van der Waals surface area contributed by atoms with Crippen LogP contribution in [0.3, 0.4) is 0 Å². The summed E-state index contributed by atoms with van der Waals surface area (Å²) < 4.78 is 5.14. The molecule has 1 aliphatic rings. The lowest BCUT2D eigenvalue weighted by Crippen LogP contribution is -2.18. The highest BCUT2D eigenvalue weighted by Crippen LogP contribution is 2.40. The Kier molecular flexibility index (Phi) is 3.92. The van der Waals surface area contributed by atoms with E-state index >= 15 is 0 Å². The first-order valence-corrected chi connectivity index (χ1v) is 6.70. The highest BCUT2D eigenvalue weighted by atomic mass is 16.5. The molecule has 0 bridgehead atoms. The molecule has 1 aliphatic heterocycles. The van der Waals surface area contributed by atoms with Gasteiger partial charge in [0, 0.05) is 12.8 Å². The molecule has 4 heteroatoms. The average molecular weight is 262 g/mol. The van der Waals surface area contributed by atoms with Crippen LogP contribution in [-0.4, -0.2) is 19.6 Å². The first kappa shape index (κ1) is 14.0. The lowest BCUT2D eigenvalue weighted by molar-refractivity contribution is -0.117. The number of hydrogen-bond acceptors (Lipinski definition) is 3. The number of carbonyl (C=O) groups excluding carboxylic acids is 1. The average Bonchev–Trinajstić information content (AvgIpc) is 2.70. The fourth-order valence-electron chi connectivity index (χ4n) is 2.82. The molecule has 2 rings (SSSR count). The van der Waals surface area contributed by atoms with E-state index in [1.54, 1.807) is 7.11 Å². The third-order valence-electron chi connectivity index (χ3n) is 4.06. The van der Waals surface area contributed by atoms with Crippen molar-refractivity contribution < 1.29 is 9.53 Å². The Labute approximate surface area is 114 Å². The Morgan fingerprint density at radius 1 is 1.42 bits per heavy atom. The van der Waals surface area contributed by atoms with E-state index in [1.165, 1.54) is 0 Å². The van der Waals surface area contributed by atoms with Crippen LogP contribution in [0, 0.1) is 13.8 Å². The van der Waals surface area contributed by atoms with Crippen LogP contribution in [-0.2, 0) is 9.53 Å². The maximum Gasteiger partial charge on any atom is 0.232 e. The van der Waals surface area contributed by atoms with E-state index in [1.807, 2.05) is 20.8 Å². The quantitative estimate of drug-likeness (QED) is 0.875. The number of fused-ring (bicyclic) bond motifs is 1. The number of hydrogen-bond donors (Lipinski definition) is 2. The van der Waals surface area contributed by atoms with E-state index in [9.17, 15) is 4.79 Å². The summed E-state index contributed by atoms with van der Waals surface area (Å²) in [6.45, 7) is 6.60. The van der Waals surface area contributed by atoms with Gasteiger partial charge in [-0.25, -0.2) is 0 Å². The second-order valence-corrected chi connectivity index (χ2v) is 5.19. The van der Waals surface area contributed by atoms with Crippen LogP contribution in [0.1, 0.15) is 47.6 Å². The van der Waals surface area contributed by atoms with Crippen LogP contribution in [0.25, 0.3) is 0 Å². The summed E-state index contributed by atoms with van der Waals surface area (Å²) in [7, 11) is 1.65. The van der Waals surface area contributed by atoms with Gasteiger partial charge in [0.1, 0.15) is 0 Å². The summed E-state index contributed by atoms with van der Waals surface area (Å²) in [5.41, 5.74) is 11.5. The molecule has 0 aromatic heterocycles.